The Labute approximate surface area is 110 Å². The molecule has 0 spiro atoms. The summed E-state index contributed by atoms with van der Waals surface area (Å²) >= 11 is 6.11. The van der Waals surface area contributed by atoms with Crippen molar-refractivity contribution in [3.05, 3.63) is 17.2 Å². The number of hydrogen-bond acceptors (Lipinski definition) is 1. The van der Waals surface area contributed by atoms with Crippen molar-refractivity contribution in [2.24, 2.45) is 0 Å². The van der Waals surface area contributed by atoms with E-state index in [2.05, 4.69) is 11.9 Å². The van der Waals surface area contributed by atoms with Crippen LogP contribution in [0, 0.1) is 6.92 Å². The van der Waals surface area contributed by atoms with Gasteiger partial charge in [-0.1, -0.05) is 63.5 Å². The lowest BCUT2D eigenvalue weighted by Crippen LogP contribution is -1.96. The van der Waals surface area contributed by atoms with Crippen LogP contribution in [0.15, 0.2) is 6.33 Å². The summed E-state index contributed by atoms with van der Waals surface area (Å²) in [5.74, 6) is 0. The third-order valence-corrected chi connectivity index (χ3v) is 3.68. The highest BCUT2D eigenvalue weighted by molar-refractivity contribution is 6.30. The van der Waals surface area contributed by atoms with Gasteiger partial charge in [0.2, 0.25) is 0 Å². The number of aryl methyl sites for hydroxylation is 2. The van der Waals surface area contributed by atoms with Gasteiger partial charge in [0.05, 0.1) is 12.0 Å². The number of aromatic nitrogens is 2. The number of rotatable bonds is 9. The molecule has 0 aliphatic heterocycles. The van der Waals surface area contributed by atoms with Crippen molar-refractivity contribution in [2.75, 3.05) is 0 Å². The van der Waals surface area contributed by atoms with Crippen LogP contribution < -0.4 is 0 Å². The van der Waals surface area contributed by atoms with Gasteiger partial charge >= 0.3 is 0 Å². The van der Waals surface area contributed by atoms with Crippen molar-refractivity contribution in [1.29, 1.82) is 0 Å². The molecule has 17 heavy (non-hydrogen) atoms. The molecule has 1 rings (SSSR count). The smallest absolute Gasteiger partial charge is 0.131 e. The molecule has 0 bridgehead atoms. The quantitative estimate of drug-likeness (QED) is 0.570. The van der Waals surface area contributed by atoms with E-state index in [1.807, 2.05) is 17.8 Å². The maximum Gasteiger partial charge on any atom is 0.131 e. The van der Waals surface area contributed by atoms with Gasteiger partial charge in [0.1, 0.15) is 5.15 Å². The van der Waals surface area contributed by atoms with Crippen LogP contribution in [0.2, 0.25) is 5.15 Å². The van der Waals surface area contributed by atoms with Crippen LogP contribution in [0.1, 0.15) is 64.0 Å². The van der Waals surface area contributed by atoms with E-state index in [1.54, 1.807) is 0 Å². The minimum atomic E-state index is 0.799. The first-order chi connectivity index (χ1) is 8.25. The second kappa shape index (κ2) is 8.57. The molecule has 0 saturated carbocycles. The molecule has 1 aromatic heterocycles. The van der Waals surface area contributed by atoms with E-state index >= 15 is 0 Å². The molecule has 0 atom stereocenters. The summed E-state index contributed by atoms with van der Waals surface area (Å²) in [6.07, 6.45) is 12.6. The molecule has 0 N–H and O–H groups in total. The number of halogens is 1. The minimum Gasteiger partial charge on any atom is -0.321 e. The molecule has 0 aromatic carbocycles. The van der Waals surface area contributed by atoms with Gasteiger partial charge in [-0.3, -0.25) is 0 Å². The van der Waals surface area contributed by atoms with Gasteiger partial charge in [-0.2, -0.15) is 0 Å². The van der Waals surface area contributed by atoms with E-state index in [-0.39, 0.29) is 0 Å². The summed E-state index contributed by atoms with van der Waals surface area (Å²) < 4.78 is 2.05. The van der Waals surface area contributed by atoms with Crippen molar-refractivity contribution in [3.8, 4) is 0 Å². The number of unbranched alkanes of at least 4 members (excludes halogenated alkanes) is 7. The van der Waals surface area contributed by atoms with Gasteiger partial charge < -0.3 is 4.57 Å². The Bertz CT molecular complexity index is 307. The average Bonchev–Trinajstić information content (AvgIpc) is 2.64. The van der Waals surface area contributed by atoms with E-state index < -0.39 is 0 Å². The second-order valence-corrected chi connectivity index (χ2v) is 5.15. The molecule has 0 fully saturated rings. The fraction of sp³-hybridized carbons (Fsp3) is 0.786. The lowest BCUT2D eigenvalue weighted by Gasteiger charge is -2.04. The highest BCUT2D eigenvalue weighted by atomic mass is 35.5. The zero-order valence-corrected chi connectivity index (χ0v) is 12.0. The number of imidazole rings is 1. The summed E-state index contributed by atoms with van der Waals surface area (Å²) in [7, 11) is 0. The molecule has 98 valence electrons. The third kappa shape index (κ3) is 5.58. The maximum absolute atomic E-state index is 6.11. The van der Waals surface area contributed by atoms with Crippen molar-refractivity contribution < 1.29 is 0 Å². The first kappa shape index (κ1) is 14.6. The Balaban J connectivity index is 1.99. The molecule has 0 radical (unpaired) electrons. The normalized spacial score (nSPS) is 11.0. The SMILES string of the molecule is CCCCCCCCCCn1cnc(C)c1Cl. The fourth-order valence-corrected chi connectivity index (χ4v) is 2.22. The Kier molecular flexibility index (Phi) is 7.34. The van der Waals surface area contributed by atoms with Gasteiger partial charge in [-0.05, 0) is 13.3 Å². The van der Waals surface area contributed by atoms with Gasteiger partial charge in [0, 0.05) is 6.54 Å². The van der Waals surface area contributed by atoms with E-state index in [9.17, 15) is 0 Å². The zero-order chi connectivity index (χ0) is 12.5. The molecule has 2 nitrogen and oxygen atoms in total. The Morgan fingerprint density at radius 1 is 1.06 bits per heavy atom. The summed E-state index contributed by atoms with van der Waals surface area (Å²) in [5.41, 5.74) is 0.936. The monoisotopic (exact) mass is 256 g/mol. The first-order valence-corrected chi connectivity index (χ1v) is 7.30. The van der Waals surface area contributed by atoms with E-state index in [0.717, 1.165) is 17.4 Å². The molecule has 0 aliphatic carbocycles. The molecule has 0 amide bonds. The van der Waals surface area contributed by atoms with E-state index in [1.165, 1.54) is 51.4 Å². The lowest BCUT2D eigenvalue weighted by molar-refractivity contribution is 0.544. The summed E-state index contributed by atoms with van der Waals surface area (Å²) in [6, 6.07) is 0. The van der Waals surface area contributed by atoms with Crippen LogP contribution in [0.4, 0.5) is 0 Å². The van der Waals surface area contributed by atoms with E-state index in [4.69, 9.17) is 11.6 Å². The van der Waals surface area contributed by atoms with Crippen LogP contribution in [0.25, 0.3) is 0 Å². The summed E-state index contributed by atoms with van der Waals surface area (Å²) in [5, 5.41) is 0.799. The third-order valence-electron chi connectivity index (χ3n) is 3.19. The standard InChI is InChI=1S/C14H25ClN2/c1-3-4-5-6-7-8-9-10-11-17-12-16-13(2)14(17)15/h12H,3-11H2,1-2H3. The van der Waals surface area contributed by atoms with Crippen LogP contribution in [0.3, 0.4) is 0 Å². The Morgan fingerprint density at radius 2 is 1.65 bits per heavy atom. The molecule has 1 aromatic rings. The van der Waals surface area contributed by atoms with Gasteiger partial charge in [-0.15, -0.1) is 0 Å². The van der Waals surface area contributed by atoms with Gasteiger partial charge in [0.15, 0.2) is 0 Å². The molecule has 1 heterocycles. The number of nitrogens with zero attached hydrogens (tertiary/aromatic N) is 2. The maximum atomic E-state index is 6.11. The van der Waals surface area contributed by atoms with Crippen LogP contribution in [-0.4, -0.2) is 9.55 Å². The molecular formula is C14H25ClN2. The molecule has 0 unspecified atom stereocenters. The Morgan fingerprint density at radius 3 is 2.18 bits per heavy atom. The highest BCUT2D eigenvalue weighted by Crippen LogP contribution is 2.15. The predicted molar refractivity (Wildman–Crippen MR) is 74.6 cm³/mol. The van der Waals surface area contributed by atoms with Crippen molar-refractivity contribution in [3.63, 3.8) is 0 Å². The van der Waals surface area contributed by atoms with Crippen molar-refractivity contribution in [1.82, 2.24) is 9.55 Å². The number of hydrogen-bond donors (Lipinski definition) is 0. The largest absolute Gasteiger partial charge is 0.321 e. The van der Waals surface area contributed by atoms with Crippen LogP contribution >= 0.6 is 11.6 Å². The zero-order valence-electron chi connectivity index (χ0n) is 11.2. The topological polar surface area (TPSA) is 17.8 Å². The van der Waals surface area contributed by atoms with Crippen molar-refractivity contribution >= 4 is 11.6 Å². The first-order valence-electron chi connectivity index (χ1n) is 6.93. The molecule has 0 saturated heterocycles. The van der Waals surface area contributed by atoms with Crippen LogP contribution in [-0.2, 0) is 6.54 Å². The molecule has 3 heteroatoms. The Hall–Kier alpha value is -0.500. The lowest BCUT2D eigenvalue weighted by atomic mass is 10.1. The predicted octanol–water partition coefficient (Wildman–Crippen LogP) is 4.99. The highest BCUT2D eigenvalue weighted by Gasteiger charge is 2.02. The van der Waals surface area contributed by atoms with E-state index in [0.29, 0.717) is 0 Å². The summed E-state index contributed by atoms with van der Waals surface area (Å²) in [4.78, 5) is 4.20. The molecular weight excluding hydrogens is 232 g/mol. The van der Waals surface area contributed by atoms with Gasteiger partial charge in [0.25, 0.3) is 0 Å². The average molecular weight is 257 g/mol. The van der Waals surface area contributed by atoms with Crippen LogP contribution in [0.5, 0.6) is 0 Å². The summed E-state index contributed by atoms with van der Waals surface area (Å²) in [6.45, 7) is 5.22. The minimum absolute atomic E-state index is 0.799. The van der Waals surface area contributed by atoms with Gasteiger partial charge in [-0.25, -0.2) is 4.98 Å². The second-order valence-electron chi connectivity index (χ2n) is 4.79. The molecule has 0 aliphatic rings. The van der Waals surface area contributed by atoms with Crippen molar-refractivity contribution in [2.45, 2.75) is 71.8 Å². The fourth-order valence-electron chi connectivity index (χ4n) is 2.04.